The lowest BCUT2D eigenvalue weighted by atomic mass is 10.2. The van der Waals surface area contributed by atoms with Gasteiger partial charge in [-0.15, -0.1) is 0 Å². The van der Waals surface area contributed by atoms with Gasteiger partial charge < -0.3 is 14.8 Å². The Hall–Kier alpha value is -2.84. The maximum atomic E-state index is 12.5. The highest BCUT2D eigenvalue weighted by molar-refractivity contribution is 7.89. The number of carbonyl (C=O) groups excluding carboxylic acids is 1. The molecule has 2 aromatic rings. The first kappa shape index (κ1) is 20.9. The fraction of sp³-hybridized carbons (Fsp3) is 0.286. The van der Waals surface area contributed by atoms with Crippen molar-refractivity contribution in [2.24, 2.45) is 0 Å². The molecule has 2 aromatic carbocycles. The van der Waals surface area contributed by atoms with Gasteiger partial charge in [-0.05, 0) is 60.9 Å². The molecular formula is C21H24N2O5S. The van der Waals surface area contributed by atoms with Gasteiger partial charge >= 0.3 is 0 Å². The standard InChI is InChI=1S/C21H24N2O5S/c1-27-18-13-16(14-19(15-18)28-2)5-10-21(24)22-17-6-8-20(9-7-17)29(25,26)23-11-3-4-12-23/h5-10,13-15H,3-4,11-12H2,1-2H3,(H,22,24). The van der Waals surface area contributed by atoms with Crippen molar-refractivity contribution >= 4 is 27.7 Å². The first-order chi connectivity index (χ1) is 13.9. The second kappa shape index (κ2) is 9.11. The molecule has 154 valence electrons. The lowest BCUT2D eigenvalue weighted by Crippen LogP contribution is -2.27. The Morgan fingerprint density at radius 2 is 1.59 bits per heavy atom. The third-order valence-corrected chi connectivity index (χ3v) is 6.54. The van der Waals surface area contributed by atoms with E-state index in [1.54, 1.807) is 50.6 Å². The van der Waals surface area contributed by atoms with Crippen LogP contribution in [0.3, 0.4) is 0 Å². The molecule has 8 heteroatoms. The molecule has 1 amide bonds. The summed E-state index contributed by atoms with van der Waals surface area (Å²) in [4.78, 5) is 12.4. The quantitative estimate of drug-likeness (QED) is 0.701. The van der Waals surface area contributed by atoms with E-state index in [1.807, 2.05) is 0 Å². The average Bonchev–Trinajstić information content (AvgIpc) is 3.28. The van der Waals surface area contributed by atoms with Crippen molar-refractivity contribution in [1.29, 1.82) is 0 Å². The minimum Gasteiger partial charge on any atom is -0.497 e. The normalized spacial score (nSPS) is 14.8. The van der Waals surface area contributed by atoms with Crippen LogP contribution in [0.1, 0.15) is 18.4 Å². The number of sulfonamides is 1. The van der Waals surface area contributed by atoms with E-state index in [2.05, 4.69) is 5.32 Å². The topological polar surface area (TPSA) is 84.9 Å². The zero-order chi connectivity index (χ0) is 20.9. The Bertz CT molecular complexity index is 972. The third-order valence-electron chi connectivity index (χ3n) is 4.63. The van der Waals surface area contributed by atoms with Gasteiger partial charge in [0.15, 0.2) is 0 Å². The number of anilines is 1. The first-order valence-electron chi connectivity index (χ1n) is 9.25. The van der Waals surface area contributed by atoms with E-state index in [0.717, 1.165) is 18.4 Å². The summed E-state index contributed by atoms with van der Waals surface area (Å²) in [5, 5.41) is 2.72. The summed E-state index contributed by atoms with van der Waals surface area (Å²) < 4.78 is 37.0. The molecule has 0 radical (unpaired) electrons. The molecular weight excluding hydrogens is 392 g/mol. The molecule has 1 aliphatic heterocycles. The lowest BCUT2D eigenvalue weighted by molar-refractivity contribution is -0.111. The van der Waals surface area contributed by atoms with Crippen LogP contribution in [-0.2, 0) is 14.8 Å². The van der Waals surface area contributed by atoms with Crippen LogP contribution < -0.4 is 14.8 Å². The van der Waals surface area contributed by atoms with Crippen LogP contribution in [0.4, 0.5) is 5.69 Å². The molecule has 0 aliphatic carbocycles. The molecule has 1 N–H and O–H groups in total. The van der Waals surface area contributed by atoms with Crippen molar-refractivity contribution < 1.29 is 22.7 Å². The summed E-state index contributed by atoms with van der Waals surface area (Å²) in [6.07, 6.45) is 4.81. The number of rotatable bonds is 7. The zero-order valence-corrected chi connectivity index (χ0v) is 17.2. The molecule has 1 heterocycles. The van der Waals surface area contributed by atoms with Crippen LogP contribution in [0, 0.1) is 0 Å². The summed E-state index contributed by atoms with van der Waals surface area (Å²) in [7, 11) is -0.344. The number of amides is 1. The smallest absolute Gasteiger partial charge is 0.248 e. The first-order valence-corrected chi connectivity index (χ1v) is 10.7. The zero-order valence-electron chi connectivity index (χ0n) is 16.4. The second-order valence-electron chi connectivity index (χ2n) is 6.60. The summed E-state index contributed by atoms with van der Waals surface area (Å²) in [5.74, 6) is 0.917. The van der Waals surface area contributed by atoms with Gasteiger partial charge in [-0.1, -0.05) is 0 Å². The van der Waals surface area contributed by atoms with Crippen LogP contribution in [0.5, 0.6) is 11.5 Å². The number of hydrogen-bond donors (Lipinski definition) is 1. The van der Waals surface area contributed by atoms with Gasteiger partial charge in [-0.25, -0.2) is 8.42 Å². The summed E-state index contributed by atoms with van der Waals surface area (Å²) in [6, 6.07) is 11.5. The van der Waals surface area contributed by atoms with Crippen LogP contribution in [0.2, 0.25) is 0 Å². The molecule has 0 spiro atoms. The number of carbonyl (C=O) groups is 1. The highest BCUT2D eigenvalue weighted by Gasteiger charge is 2.26. The van der Waals surface area contributed by atoms with Gasteiger partial charge in [-0.2, -0.15) is 4.31 Å². The van der Waals surface area contributed by atoms with Crippen molar-refractivity contribution in [3.05, 3.63) is 54.1 Å². The molecule has 0 bridgehead atoms. The molecule has 0 unspecified atom stereocenters. The van der Waals surface area contributed by atoms with Crippen molar-refractivity contribution in [2.75, 3.05) is 32.6 Å². The number of hydrogen-bond acceptors (Lipinski definition) is 5. The minimum absolute atomic E-state index is 0.233. The molecule has 3 rings (SSSR count). The SMILES string of the molecule is COc1cc(C=CC(=O)Nc2ccc(S(=O)(=O)N3CCCC3)cc2)cc(OC)c1. The summed E-state index contributed by atoms with van der Waals surface area (Å²) >= 11 is 0. The van der Waals surface area contributed by atoms with Gasteiger partial charge in [-0.3, -0.25) is 4.79 Å². The van der Waals surface area contributed by atoms with Crippen molar-refractivity contribution in [3.8, 4) is 11.5 Å². The van der Waals surface area contributed by atoms with Crippen LogP contribution in [0.25, 0.3) is 6.08 Å². The van der Waals surface area contributed by atoms with Crippen LogP contribution >= 0.6 is 0 Å². The Kier molecular flexibility index (Phi) is 6.56. The molecule has 29 heavy (non-hydrogen) atoms. The Labute approximate surface area is 171 Å². The minimum atomic E-state index is -3.46. The maximum absolute atomic E-state index is 12.5. The monoisotopic (exact) mass is 416 g/mol. The largest absolute Gasteiger partial charge is 0.497 e. The number of nitrogens with zero attached hydrogens (tertiary/aromatic N) is 1. The van der Waals surface area contributed by atoms with Gasteiger partial charge in [0.25, 0.3) is 0 Å². The third kappa shape index (κ3) is 5.16. The van der Waals surface area contributed by atoms with E-state index < -0.39 is 10.0 Å². The highest BCUT2D eigenvalue weighted by atomic mass is 32.2. The molecule has 7 nitrogen and oxygen atoms in total. The second-order valence-corrected chi connectivity index (χ2v) is 8.54. The molecule has 0 atom stereocenters. The number of methoxy groups -OCH3 is 2. The maximum Gasteiger partial charge on any atom is 0.248 e. The fourth-order valence-corrected chi connectivity index (χ4v) is 4.59. The number of ether oxygens (including phenoxy) is 2. The van der Waals surface area contributed by atoms with Crippen molar-refractivity contribution in [1.82, 2.24) is 4.31 Å². The Balaban J connectivity index is 1.66. The van der Waals surface area contributed by atoms with Gasteiger partial charge in [0.1, 0.15) is 11.5 Å². The lowest BCUT2D eigenvalue weighted by Gasteiger charge is -2.15. The highest BCUT2D eigenvalue weighted by Crippen LogP contribution is 2.24. The van der Waals surface area contributed by atoms with E-state index in [1.165, 1.54) is 22.5 Å². The Morgan fingerprint density at radius 3 is 2.14 bits per heavy atom. The Morgan fingerprint density at radius 1 is 1.00 bits per heavy atom. The van der Waals surface area contributed by atoms with E-state index in [4.69, 9.17) is 9.47 Å². The predicted molar refractivity (Wildman–Crippen MR) is 112 cm³/mol. The van der Waals surface area contributed by atoms with Crippen LogP contribution in [-0.4, -0.2) is 45.9 Å². The van der Waals surface area contributed by atoms with E-state index in [9.17, 15) is 13.2 Å². The van der Waals surface area contributed by atoms with E-state index >= 15 is 0 Å². The molecule has 0 saturated carbocycles. The van der Waals surface area contributed by atoms with E-state index in [0.29, 0.717) is 30.3 Å². The van der Waals surface area contributed by atoms with Crippen LogP contribution in [0.15, 0.2) is 53.4 Å². The van der Waals surface area contributed by atoms with E-state index in [-0.39, 0.29) is 10.8 Å². The number of benzene rings is 2. The molecule has 0 aromatic heterocycles. The average molecular weight is 416 g/mol. The summed E-state index contributed by atoms with van der Waals surface area (Å²) in [5.41, 5.74) is 1.27. The molecule has 1 saturated heterocycles. The van der Waals surface area contributed by atoms with Gasteiger partial charge in [0.05, 0.1) is 19.1 Å². The predicted octanol–water partition coefficient (Wildman–Crippen LogP) is 3.14. The number of nitrogens with one attached hydrogen (secondary N) is 1. The van der Waals surface area contributed by atoms with Gasteiger partial charge in [0, 0.05) is 30.9 Å². The molecule has 1 fully saturated rings. The molecule has 1 aliphatic rings. The fourth-order valence-electron chi connectivity index (χ4n) is 3.07. The van der Waals surface area contributed by atoms with Gasteiger partial charge in [0.2, 0.25) is 15.9 Å². The van der Waals surface area contributed by atoms with Crippen molar-refractivity contribution in [3.63, 3.8) is 0 Å². The summed E-state index contributed by atoms with van der Waals surface area (Å²) in [6.45, 7) is 1.11. The van der Waals surface area contributed by atoms with Crippen molar-refractivity contribution in [2.45, 2.75) is 17.7 Å².